The highest BCUT2D eigenvalue weighted by Gasteiger charge is 2.54. The Hall–Kier alpha value is -3.80. The molecule has 3 heterocycles. The average molecular weight is 490 g/mol. The standard InChI is InChI=1S/C22H19FN2O8S/c1-11(26)31-8-12-10-34-21-17(20(28)25(21)18(12)22(29)30)24-19(27)16-7-6-15(33-16)9-32-14-4-2-13(23)3-5-14/h2-7,17,21H,8-10H2,1H3,(H,24,27)(H,29,30)/t17-,21-/m1/s1. The third-order valence-electron chi connectivity index (χ3n) is 5.07. The van der Waals surface area contributed by atoms with Crippen molar-refractivity contribution in [3.05, 3.63) is 65.0 Å². The van der Waals surface area contributed by atoms with Crippen molar-refractivity contribution in [3.8, 4) is 5.75 Å². The third kappa shape index (κ3) is 4.76. The predicted octanol–water partition coefficient (Wildman–Crippen LogP) is 1.91. The Kier molecular flexibility index (Phi) is 6.59. The second kappa shape index (κ2) is 9.59. The van der Waals surface area contributed by atoms with Gasteiger partial charge in [-0.15, -0.1) is 11.8 Å². The lowest BCUT2D eigenvalue weighted by atomic mass is 10.0. The molecule has 0 spiro atoms. The van der Waals surface area contributed by atoms with Crippen molar-refractivity contribution in [2.45, 2.75) is 24.9 Å². The first kappa shape index (κ1) is 23.4. The van der Waals surface area contributed by atoms with E-state index < -0.39 is 41.0 Å². The number of carbonyl (C=O) groups is 4. The Morgan fingerprint density at radius 3 is 2.62 bits per heavy atom. The van der Waals surface area contributed by atoms with Gasteiger partial charge in [-0.1, -0.05) is 0 Å². The normalized spacial score (nSPS) is 19.2. The van der Waals surface area contributed by atoms with Crippen molar-refractivity contribution in [2.75, 3.05) is 12.4 Å². The number of nitrogens with zero attached hydrogens (tertiary/aromatic N) is 1. The Labute approximate surface area is 196 Å². The van der Waals surface area contributed by atoms with Gasteiger partial charge in [0.05, 0.1) is 0 Å². The highest BCUT2D eigenvalue weighted by molar-refractivity contribution is 8.00. The van der Waals surface area contributed by atoms with E-state index in [9.17, 15) is 28.7 Å². The molecule has 34 heavy (non-hydrogen) atoms. The van der Waals surface area contributed by atoms with Crippen LogP contribution >= 0.6 is 11.8 Å². The van der Waals surface area contributed by atoms with Gasteiger partial charge in [0.15, 0.2) is 5.76 Å². The molecule has 2 atom stereocenters. The van der Waals surface area contributed by atoms with Crippen LogP contribution in [0.1, 0.15) is 23.2 Å². The minimum atomic E-state index is -1.32. The minimum Gasteiger partial charge on any atom is -0.486 e. The number of β-lactam (4-membered cyclic amide) rings is 1. The topological polar surface area (TPSA) is 135 Å². The fourth-order valence-corrected chi connectivity index (χ4v) is 4.79. The predicted molar refractivity (Wildman–Crippen MR) is 115 cm³/mol. The van der Waals surface area contributed by atoms with E-state index in [4.69, 9.17) is 13.9 Å². The van der Waals surface area contributed by atoms with Gasteiger partial charge in [-0.3, -0.25) is 19.3 Å². The maximum absolute atomic E-state index is 13.0. The fraction of sp³-hybridized carbons (Fsp3) is 0.273. The molecule has 1 saturated heterocycles. The van der Waals surface area contributed by atoms with Crippen molar-refractivity contribution in [1.29, 1.82) is 0 Å². The molecule has 10 nitrogen and oxygen atoms in total. The monoisotopic (exact) mass is 490 g/mol. The van der Waals surface area contributed by atoms with Crippen LogP contribution in [0.3, 0.4) is 0 Å². The van der Waals surface area contributed by atoms with Gasteiger partial charge < -0.3 is 24.3 Å². The zero-order chi connectivity index (χ0) is 24.4. The minimum absolute atomic E-state index is 0.00536. The van der Waals surface area contributed by atoms with Gasteiger partial charge in [0.25, 0.3) is 11.8 Å². The largest absolute Gasteiger partial charge is 0.486 e. The van der Waals surface area contributed by atoms with Gasteiger partial charge in [-0.05, 0) is 36.4 Å². The number of aliphatic carboxylic acids is 1. The molecule has 0 aliphatic carbocycles. The number of hydrogen-bond acceptors (Lipinski definition) is 8. The highest BCUT2D eigenvalue weighted by Crippen LogP contribution is 2.40. The van der Waals surface area contributed by atoms with Crippen molar-refractivity contribution in [1.82, 2.24) is 10.2 Å². The number of carboxylic acids is 1. The quantitative estimate of drug-likeness (QED) is 0.420. The maximum Gasteiger partial charge on any atom is 0.352 e. The van der Waals surface area contributed by atoms with Crippen LogP contribution in [0.2, 0.25) is 0 Å². The summed E-state index contributed by atoms with van der Waals surface area (Å²) >= 11 is 1.26. The van der Waals surface area contributed by atoms with Crippen molar-refractivity contribution >= 4 is 35.5 Å². The van der Waals surface area contributed by atoms with Crippen LogP contribution < -0.4 is 10.1 Å². The number of nitrogens with one attached hydrogen (secondary N) is 1. The number of ether oxygens (including phenoxy) is 2. The van der Waals surface area contributed by atoms with E-state index in [2.05, 4.69) is 5.32 Å². The second-order valence-electron chi connectivity index (χ2n) is 7.41. The number of fused-ring (bicyclic) bond motifs is 1. The van der Waals surface area contributed by atoms with E-state index >= 15 is 0 Å². The van der Waals surface area contributed by atoms with Crippen LogP contribution in [0.4, 0.5) is 4.39 Å². The number of benzene rings is 1. The molecule has 2 aliphatic rings. The molecule has 2 aliphatic heterocycles. The second-order valence-corrected chi connectivity index (χ2v) is 8.51. The van der Waals surface area contributed by atoms with Crippen LogP contribution in [0.25, 0.3) is 0 Å². The molecule has 1 fully saturated rings. The number of carboxylic acid groups (broad SMARTS) is 1. The number of esters is 1. The van der Waals surface area contributed by atoms with E-state index in [1.54, 1.807) is 0 Å². The Bertz CT molecular complexity index is 1180. The summed E-state index contributed by atoms with van der Waals surface area (Å²) < 4.78 is 28.8. The van der Waals surface area contributed by atoms with Gasteiger partial charge in [0, 0.05) is 18.2 Å². The lowest BCUT2D eigenvalue weighted by Gasteiger charge is -2.49. The molecular weight excluding hydrogens is 471 g/mol. The Morgan fingerprint density at radius 2 is 1.94 bits per heavy atom. The maximum atomic E-state index is 13.0. The average Bonchev–Trinajstić information content (AvgIpc) is 3.29. The molecule has 0 bridgehead atoms. The van der Waals surface area contributed by atoms with E-state index in [0.717, 1.165) is 4.90 Å². The fourth-order valence-electron chi connectivity index (χ4n) is 3.46. The lowest BCUT2D eigenvalue weighted by Crippen LogP contribution is -2.70. The molecule has 2 N–H and O–H groups in total. The Balaban J connectivity index is 1.37. The summed E-state index contributed by atoms with van der Waals surface area (Å²) in [4.78, 5) is 49.2. The number of hydrogen-bond donors (Lipinski definition) is 2. The number of halogens is 1. The third-order valence-corrected chi connectivity index (χ3v) is 6.41. The summed E-state index contributed by atoms with van der Waals surface area (Å²) in [6.07, 6.45) is 0. The van der Waals surface area contributed by atoms with Gasteiger partial charge in [-0.2, -0.15) is 0 Å². The van der Waals surface area contributed by atoms with Gasteiger partial charge in [-0.25, -0.2) is 9.18 Å². The van der Waals surface area contributed by atoms with Crippen LogP contribution in [0.5, 0.6) is 5.75 Å². The molecule has 1 aromatic heterocycles. The zero-order valence-electron chi connectivity index (χ0n) is 17.8. The molecule has 0 unspecified atom stereocenters. The summed E-state index contributed by atoms with van der Waals surface area (Å²) in [5.74, 6) is -2.56. The van der Waals surface area contributed by atoms with Crippen molar-refractivity contribution in [2.24, 2.45) is 0 Å². The zero-order valence-corrected chi connectivity index (χ0v) is 18.6. The van der Waals surface area contributed by atoms with Gasteiger partial charge >= 0.3 is 11.9 Å². The van der Waals surface area contributed by atoms with Crippen molar-refractivity contribution < 1.29 is 42.6 Å². The SMILES string of the molecule is CC(=O)OCC1=C(C(=O)O)N2C(=O)[C@@H](NC(=O)c3ccc(COc4ccc(F)cc4)o3)[C@H]2SC1. The molecule has 1 aromatic carbocycles. The smallest absolute Gasteiger partial charge is 0.352 e. The summed E-state index contributed by atoms with van der Waals surface area (Å²) in [5, 5.41) is 11.5. The first-order valence-electron chi connectivity index (χ1n) is 10.1. The molecule has 12 heteroatoms. The van der Waals surface area contributed by atoms with Crippen LogP contribution in [-0.4, -0.2) is 57.5 Å². The van der Waals surface area contributed by atoms with E-state index in [1.807, 2.05) is 0 Å². The summed E-state index contributed by atoms with van der Waals surface area (Å²) in [5.41, 5.74) is 0.0673. The summed E-state index contributed by atoms with van der Waals surface area (Å²) in [6.45, 7) is 0.979. The van der Waals surface area contributed by atoms with Gasteiger partial charge in [0.2, 0.25) is 0 Å². The number of amides is 2. The summed E-state index contributed by atoms with van der Waals surface area (Å²) in [7, 11) is 0. The molecule has 2 aromatic rings. The first-order valence-corrected chi connectivity index (χ1v) is 11.1. The molecule has 4 rings (SSSR count). The Morgan fingerprint density at radius 1 is 1.21 bits per heavy atom. The van der Waals surface area contributed by atoms with E-state index in [-0.39, 0.29) is 30.4 Å². The lowest BCUT2D eigenvalue weighted by molar-refractivity contribution is -0.149. The van der Waals surface area contributed by atoms with E-state index in [1.165, 1.54) is 55.1 Å². The molecule has 0 radical (unpaired) electrons. The van der Waals surface area contributed by atoms with Crippen LogP contribution in [-0.2, 0) is 25.7 Å². The first-order chi connectivity index (χ1) is 16.2. The molecule has 0 saturated carbocycles. The molecular formula is C22H19FN2O8S. The summed E-state index contributed by atoms with van der Waals surface area (Å²) in [6, 6.07) is 7.44. The number of thioether (sulfide) groups is 1. The van der Waals surface area contributed by atoms with Crippen LogP contribution in [0.15, 0.2) is 52.1 Å². The number of carbonyl (C=O) groups excluding carboxylic acids is 3. The number of rotatable bonds is 8. The van der Waals surface area contributed by atoms with Crippen LogP contribution in [0, 0.1) is 5.82 Å². The number of furan rings is 1. The van der Waals surface area contributed by atoms with Crippen molar-refractivity contribution in [3.63, 3.8) is 0 Å². The molecule has 2 amide bonds. The highest BCUT2D eigenvalue weighted by atomic mass is 32.2. The van der Waals surface area contributed by atoms with E-state index in [0.29, 0.717) is 17.1 Å². The molecule has 178 valence electrons. The van der Waals surface area contributed by atoms with Gasteiger partial charge in [0.1, 0.15) is 47.7 Å².